The Bertz CT molecular complexity index is 637. The molecule has 1 aromatic rings. The number of ether oxygens (including phenoxy) is 2. The van der Waals surface area contributed by atoms with E-state index in [0.29, 0.717) is 18.0 Å². The number of nitrogens with one attached hydrogen (secondary N) is 2. The molecular formula is C18H25N3O4S. The van der Waals surface area contributed by atoms with Gasteiger partial charge in [0.25, 0.3) is 5.91 Å². The Morgan fingerprint density at radius 1 is 1.38 bits per heavy atom. The number of carbonyl (C=O) groups excluding carboxylic acids is 2. The van der Waals surface area contributed by atoms with Gasteiger partial charge < -0.3 is 25.0 Å². The van der Waals surface area contributed by atoms with Crippen LogP contribution in [0.4, 0.5) is 0 Å². The zero-order chi connectivity index (χ0) is 18.4. The Balaban J connectivity index is 1.36. The fraction of sp³-hybridized carbons (Fsp3) is 0.556. The van der Waals surface area contributed by atoms with E-state index < -0.39 is 0 Å². The van der Waals surface area contributed by atoms with E-state index in [0.717, 1.165) is 31.1 Å². The average molecular weight is 379 g/mol. The van der Waals surface area contributed by atoms with Crippen molar-refractivity contribution in [3.63, 3.8) is 0 Å². The molecule has 0 aliphatic carbocycles. The third kappa shape index (κ3) is 5.04. The molecule has 2 aliphatic heterocycles. The summed E-state index contributed by atoms with van der Waals surface area (Å²) in [6.07, 6.45) is 0.761. The molecule has 26 heavy (non-hydrogen) atoms. The van der Waals surface area contributed by atoms with Crippen LogP contribution in [0.3, 0.4) is 0 Å². The molecule has 142 valence electrons. The molecule has 0 spiro atoms. The van der Waals surface area contributed by atoms with Gasteiger partial charge in [0.05, 0.1) is 19.0 Å². The highest BCUT2D eigenvalue weighted by Gasteiger charge is 2.33. The summed E-state index contributed by atoms with van der Waals surface area (Å²) >= 11 is 1.79. The van der Waals surface area contributed by atoms with E-state index in [-0.39, 0.29) is 30.4 Å². The summed E-state index contributed by atoms with van der Waals surface area (Å²) in [5.41, 5.74) is 0. The van der Waals surface area contributed by atoms with Crippen LogP contribution in [0.2, 0.25) is 0 Å². The Morgan fingerprint density at radius 2 is 2.23 bits per heavy atom. The van der Waals surface area contributed by atoms with E-state index in [4.69, 9.17) is 9.47 Å². The molecule has 3 rings (SSSR count). The maximum Gasteiger partial charge on any atom is 0.257 e. The number of thioether (sulfide) groups is 1. The minimum Gasteiger partial charge on any atom is -0.497 e. The number of hydrogen-bond acceptors (Lipinski definition) is 6. The SMILES string of the molecule is COc1cccc(OCC(=O)NC[C@@H]2CN[C@H](C(=O)N3CCSC3)C2)c1. The first kappa shape index (κ1) is 18.8. The Hall–Kier alpha value is -1.93. The van der Waals surface area contributed by atoms with Gasteiger partial charge in [0.2, 0.25) is 5.91 Å². The Labute approximate surface area is 157 Å². The van der Waals surface area contributed by atoms with Gasteiger partial charge in [-0.15, -0.1) is 11.8 Å². The van der Waals surface area contributed by atoms with E-state index in [1.165, 1.54) is 0 Å². The molecule has 2 heterocycles. The molecule has 2 amide bonds. The molecule has 8 heteroatoms. The Kier molecular flexibility index (Phi) is 6.62. The van der Waals surface area contributed by atoms with Crippen molar-refractivity contribution in [1.29, 1.82) is 0 Å². The van der Waals surface area contributed by atoms with Crippen molar-refractivity contribution in [2.75, 3.05) is 45.0 Å². The molecular weight excluding hydrogens is 354 g/mol. The van der Waals surface area contributed by atoms with Crippen LogP contribution in [0.15, 0.2) is 24.3 Å². The monoisotopic (exact) mass is 379 g/mol. The summed E-state index contributed by atoms with van der Waals surface area (Å²) in [6.45, 7) is 2.09. The molecule has 2 fully saturated rings. The number of rotatable bonds is 7. The van der Waals surface area contributed by atoms with Crippen molar-refractivity contribution >= 4 is 23.6 Å². The maximum absolute atomic E-state index is 12.4. The second kappa shape index (κ2) is 9.14. The van der Waals surface area contributed by atoms with E-state index in [1.807, 2.05) is 17.0 Å². The van der Waals surface area contributed by atoms with E-state index in [9.17, 15) is 9.59 Å². The summed E-state index contributed by atoms with van der Waals surface area (Å²) in [6, 6.07) is 7.03. The van der Waals surface area contributed by atoms with Crippen molar-refractivity contribution in [3.8, 4) is 11.5 Å². The molecule has 0 unspecified atom stereocenters. The topological polar surface area (TPSA) is 79.9 Å². The highest BCUT2D eigenvalue weighted by Crippen LogP contribution is 2.20. The third-order valence-electron chi connectivity index (χ3n) is 4.58. The van der Waals surface area contributed by atoms with Gasteiger partial charge in [-0.2, -0.15) is 0 Å². The number of hydrogen-bond donors (Lipinski definition) is 2. The van der Waals surface area contributed by atoms with Crippen molar-refractivity contribution in [2.24, 2.45) is 5.92 Å². The van der Waals surface area contributed by atoms with Gasteiger partial charge in [0.15, 0.2) is 6.61 Å². The first-order chi connectivity index (χ1) is 12.7. The highest BCUT2D eigenvalue weighted by atomic mass is 32.2. The maximum atomic E-state index is 12.4. The van der Waals surface area contributed by atoms with Crippen LogP contribution in [0.25, 0.3) is 0 Å². The minimum atomic E-state index is -0.168. The second-order valence-corrected chi connectivity index (χ2v) is 7.55. The van der Waals surface area contributed by atoms with Gasteiger partial charge in [-0.25, -0.2) is 0 Å². The predicted molar refractivity (Wildman–Crippen MR) is 100 cm³/mol. The lowest BCUT2D eigenvalue weighted by molar-refractivity contribution is -0.131. The van der Waals surface area contributed by atoms with Crippen molar-refractivity contribution < 1.29 is 19.1 Å². The third-order valence-corrected chi connectivity index (χ3v) is 5.55. The van der Waals surface area contributed by atoms with Crippen molar-refractivity contribution in [3.05, 3.63) is 24.3 Å². The van der Waals surface area contributed by atoms with Gasteiger partial charge in [-0.1, -0.05) is 6.07 Å². The standard InChI is InChI=1S/C18H25N3O4S/c1-24-14-3-2-4-15(8-14)25-11-17(22)20-10-13-7-16(19-9-13)18(23)21-5-6-26-12-21/h2-4,8,13,16,19H,5-7,9-12H2,1H3,(H,20,22)/t13-,16-/m0/s1. The molecule has 0 aromatic heterocycles. The van der Waals surface area contributed by atoms with Gasteiger partial charge in [-0.05, 0) is 24.5 Å². The summed E-state index contributed by atoms with van der Waals surface area (Å²) in [7, 11) is 1.59. The molecule has 2 atom stereocenters. The Morgan fingerprint density at radius 3 is 3.00 bits per heavy atom. The highest BCUT2D eigenvalue weighted by molar-refractivity contribution is 7.99. The predicted octanol–water partition coefficient (Wildman–Crippen LogP) is 0.701. The lowest BCUT2D eigenvalue weighted by Crippen LogP contribution is -2.42. The van der Waals surface area contributed by atoms with E-state index in [2.05, 4.69) is 10.6 Å². The smallest absolute Gasteiger partial charge is 0.257 e. The van der Waals surface area contributed by atoms with E-state index >= 15 is 0 Å². The van der Waals surface area contributed by atoms with Crippen LogP contribution in [-0.4, -0.2) is 67.7 Å². The summed E-state index contributed by atoms with van der Waals surface area (Å²) in [5, 5.41) is 6.17. The van der Waals surface area contributed by atoms with Crippen LogP contribution in [-0.2, 0) is 9.59 Å². The number of benzene rings is 1. The molecule has 1 aromatic carbocycles. The fourth-order valence-corrected chi connectivity index (χ4v) is 4.07. The lowest BCUT2D eigenvalue weighted by Gasteiger charge is -2.19. The van der Waals surface area contributed by atoms with Gasteiger partial charge >= 0.3 is 0 Å². The van der Waals surface area contributed by atoms with Crippen LogP contribution >= 0.6 is 11.8 Å². The van der Waals surface area contributed by atoms with Crippen LogP contribution in [0.5, 0.6) is 11.5 Å². The normalized spacial score (nSPS) is 22.3. The molecule has 2 aliphatic rings. The minimum absolute atomic E-state index is 0.0410. The van der Waals surface area contributed by atoms with Crippen LogP contribution in [0.1, 0.15) is 6.42 Å². The number of carbonyl (C=O) groups is 2. The molecule has 0 radical (unpaired) electrons. The van der Waals surface area contributed by atoms with Gasteiger partial charge in [0, 0.05) is 31.5 Å². The summed E-state index contributed by atoms with van der Waals surface area (Å²) < 4.78 is 10.6. The number of nitrogens with zero attached hydrogens (tertiary/aromatic N) is 1. The largest absolute Gasteiger partial charge is 0.497 e. The second-order valence-electron chi connectivity index (χ2n) is 6.47. The molecule has 0 bridgehead atoms. The molecule has 2 N–H and O–H groups in total. The summed E-state index contributed by atoms with van der Waals surface area (Å²) in [5.74, 6) is 3.37. The van der Waals surface area contributed by atoms with Gasteiger partial charge in [-0.3, -0.25) is 9.59 Å². The van der Waals surface area contributed by atoms with Gasteiger partial charge in [0.1, 0.15) is 11.5 Å². The van der Waals surface area contributed by atoms with E-state index in [1.54, 1.807) is 31.0 Å². The van der Waals surface area contributed by atoms with Crippen molar-refractivity contribution in [2.45, 2.75) is 12.5 Å². The quantitative estimate of drug-likeness (QED) is 0.726. The molecule has 0 saturated carbocycles. The first-order valence-corrected chi connectivity index (χ1v) is 9.94. The first-order valence-electron chi connectivity index (χ1n) is 8.79. The average Bonchev–Trinajstić information content (AvgIpc) is 3.36. The van der Waals surface area contributed by atoms with Crippen molar-refractivity contribution in [1.82, 2.24) is 15.5 Å². The zero-order valence-corrected chi connectivity index (χ0v) is 15.7. The van der Waals surface area contributed by atoms with Crippen LogP contribution < -0.4 is 20.1 Å². The van der Waals surface area contributed by atoms with Crippen LogP contribution in [0, 0.1) is 5.92 Å². The molecule has 2 saturated heterocycles. The molecule has 7 nitrogen and oxygen atoms in total. The number of methoxy groups -OCH3 is 1. The lowest BCUT2D eigenvalue weighted by atomic mass is 10.1. The fourth-order valence-electron chi connectivity index (χ4n) is 3.11. The zero-order valence-electron chi connectivity index (χ0n) is 14.9. The number of amides is 2. The summed E-state index contributed by atoms with van der Waals surface area (Å²) in [4.78, 5) is 26.3.